The van der Waals surface area contributed by atoms with Gasteiger partial charge >= 0.3 is 0 Å². The fourth-order valence-electron chi connectivity index (χ4n) is 0.598. The van der Waals surface area contributed by atoms with Gasteiger partial charge in [0, 0.05) is 11.4 Å². The maximum atomic E-state index is 11.3. The van der Waals surface area contributed by atoms with Gasteiger partial charge in [-0.1, -0.05) is 29.8 Å². The second-order valence-corrected chi connectivity index (χ2v) is 7.20. The molecule has 0 spiro atoms. The van der Waals surface area contributed by atoms with E-state index >= 15 is 0 Å². The molecule has 1 unspecified atom stereocenters. The highest BCUT2D eigenvalue weighted by atomic mass is 79.9. The molecule has 0 amide bonds. The monoisotopic (exact) mass is 271 g/mol. The Morgan fingerprint density at radius 3 is 2.00 bits per heavy atom. The molecule has 1 atom stereocenters. The van der Waals surface area contributed by atoms with Crippen LogP contribution in [0.2, 0.25) is 0 Å². The minimum absolute atomic E-state index is 0.195. The number of halogens is 1. The van der Waals surface area contributed by atoms with Crippen LogP contribution in [0.3, 0.4) is 0 Å². The molecule has 0 saturated heterocycles. The van der Waals surface area contributed by atoms with Crippen LogP contribution in [0.5, 0.6) is 0 Å². The standard InChI is InChI=1S/C8H18BrNO2S/c1-6(2)8(9)5-10-13(11,12)7(3)4/h6-8,10H,5H2,1-4H3. The molecule has 0 aromatic carbocycles. The molecule has 0 aromatic heterocycles. The molecule has 0 rings (SSSR count). The lowest BCUT2D eigenvalue weighted by atomic mass is 10.1. The first-order valence-corrected chi connectivity index (χ1v) is 6.86. The zero-order valence-corrected chi connectivity index (χ0v) is 10.9. The molecule has 0 aliphatic rings. The van der Waals surface area contributed by atoms with E-state index in [0.717, 1.165) is 0 Å². The third kappa shape index (κ3) is 4.98. The minimum Gasteiger partial charge on any atom is -0.214 e. The topological polar surface area (TPSA) is 46.2 Å². The van der Waals surface area contributed by atoms with Gasteiger partial charge in [-0.15, -0.1) is 0 Å². The predicted molar refractivity (Wildman–Crippen MR) is 59.6 cm³/mol. The highest BCUT2D eigenvalue weighted by molar-refractivity contribution is 9.09. The van der Waals surface area contributed by atoms with E-state index in [0.29, 0.717) is 12.5 Å². The molecule has 0 saturated carbocycles. The van der Waals surface area contributed by atoms with Gasteiger partial charge in [-0.25, -0.2) is 13.1 Å². The molecule has 0 aliphatic carbocycles. The number of rotatable bonds is 5. The Morgan fingerprint density at radius 2 is 1.69 bits per heavy atom. The molecular weight excluding hydrogens is 254 g/mol. The van der Waals surface area contributed by atoms with Crippen molar-refractivity contribution in [3.8, 4) is 0 Å². The van der Waals surface area contributed by atoms with E-state index < -0.39 is 10.0 Å². The molecule has 5 heteroatoms. The predicted octanol–water partition coefficient (Wildman–Crippen LogP) is 1.73. The molecule has 0 heterocycles. The average molecular weight is 272 g/mol. The Balaban J connectivity index is 4.04. The van der Waals surface area contributed by atoms with Crippen molar-refractivity contribution in [2.24, 2.45) is 5.92 Å². The van der Waals surface area contributed by atoms with E-state index in [-0.39, 0.29) is 10.1 Å². The van der Waals surface area contributed by atoms with Crippen molar-refractivity contribution in [1.82, 2.24) is 4.72 Å². The van der Waals surface area contributed by atoms with Gasteiger partial charge in [0.25, 0.3) is 0 Å². The Kier molecular flexibility index (Phi) is 5.47. The lowest BCUT2D eigenvalue weighted by molar-refractivity contribution is 0.556. The molecule has 0 aromatic rings. The van der Waals surface area contributed by atoms with E-state index in [9.17, 15) is 8.42 Å². The van der Waals surface area contributed by atoms with Crippen LogP contribution >= 0.6 is 15.9 Å². The lowest BCUT2D eigenvalue weighted by Gasteiger charge is -2.15. The van der Waals surface area contributed by atoms with Crippen molar-refractivity contribution < 1.29 is 8.42 Å². The van der Waals surface area contributed by atoms with Crippen LogP contribution in [0, 0.1) is 5.92 Å². The molecule has 0 aliphatic heterocycles. The van der Waals surface area contributed by atoms with Gasteiger partial charge in [-0.2, -0.15) is 0 Å². The third-order valence-electron chi connectivity index (χ3n) is 1.82. The first-order valence-electron chi connectivity index (χ1n) is 4.40. The second kappa shape index (κ2) is 5.32. The zero-order valence-electron chi connectivity index (χ0n) is 8.54. The maximum absolute atomic E-state index is 11.3. The lowest BCUT2D eigenvalue weighted by Crippen LogP contribution is -2.36. The minimum atomic E-state index is -3.11. The van der Waals surface area contributed by atoms with E-state index in [1.54, 1.807) is 13.8 Å². The van der Waals surface area contributed by atoms with Crippen molar-refractivity contribution in [2.75, 3.05) is 6.54 Å². The van der Waals surface area contributed by atoms with Gasteiger partial charge in [0.15, 0.2) is 0 Å². The van der Waals surface area contributed by atoms with Crippen LogP contribution in [0.25, 0.3) is 0 Å². The maximum Gasteiger partial charge on any atom is 0.213 e. The number of sulfonamides is 1. The Morgan fingerprint density at radius 1 is 1.23 bits per heavy atom. The zero-order chi connectivity index (χ0) is 10.6. The number of hydrogen-bond donors (Lipinski definition) is 1. The number of nitrogens with one attached hydrogen (secondary N) is 1. The summed E-state index contributed by atoms with van der Waals surface area (Å²) in [6.07, 6.45) is 0. The van der Waals surface area contributed by atoms with Crippen molar-refractivity contribution in [3.63, 3.8) is 0 Å². The Hall–Kier alpha value is 0.390. The Labute approximate surface area is 89.5 Å². The SMILES string of the molecule is CC(C)C(Br)CNS(=O)(=O)C(C)C. The molecule has 0 fully saturated rings. The smallest absolute Gasteiger partial charge is 0.213 e. The molecule has 0 radical (unpaired) electrons. The molecular formula is C8H18BrNO2S. The summed E-state index contributed by atoms with van der Waals surface area (Å²) >= 11 is 3.42. The summed E-state index contributed by atoms with van der Waals surface area (Å²) in [6.45, 7) is 7.88. The summed E-state index contributed by atoms with van der Waals surface area (Å²) in [5.41, 5.74) is 0. The van der Waals surface area contributed by atoms with Crippen molar-refractivity contribution in [2.45, 2.75) is 37.8 Å². The molecule has 0 bridgehead atoms. The summed E-state index contributed by atoms with van der Waals surface area (Å²) in [5.74, 6) is 0.426. The van der Waals surface area contributed by atoms with Crippen LogP contribution in [0.1, 0.15) is 27.7 Å². The summed E-state index contributed by atoms with van der Waals surface area (Å²) < 4.78 is 25.2. The van der Waals surface area contributed by atoms with Crippen LogP contribution in [0.4, 0.5) is 0 Å². The van der Waals surface area contributed by atoms with Crippen molar-refractivity contribution in [3.05, 3.63) is 0 Å². The van der Waals surface area contributed by atoms with Crippen LogP contribution in [-0.4, -0.2) is 25.0 Å². The highest BCUT2D eigenvalue weighted by Gasteiger charge is 2.17. The normalized spacial score (nSPS) is 15.3. The summed E-state index contributed by atoms with van der Waals surface area (Å²) in [4.78, 5) is 0.195. The van der Waals surface area contributed by atoms with Crippen molar-refractivity contribution in [1.29, 1.82) is 0 Å². The first kappa shape index (κ1) is 13.4. The van der Waals surface area contributed by atoms with Crippen molar-refractivity contribution >= 4 is 26.0 Å². The molecule has 13 heavy (non-hydrogen) atoms. The van der Waals surface area contributed by atoms with Gasteiger partial charge < -0.3 is 0 Å². The van der Waals surface area contributed by atoms with Crippen LogP contribution < -0.4 is 4.72 Å². The van der Waals surface area contributed by atoms with E-state index in [4.69, 9.17) is 0 Å². The average Bonchev–Trinajstić information content (AvgIpc) is 1.99. The van der Waals surface area contributed by atoms with E-state index in [2.05, 4.69) is 20.7 Å². The van der Waals surface area contributed by atoms with E-state index in [1.807, 2.05) is 13.8 Å². The number of alkyl halides is 1. The summed E-state index contributed by atoms with van der Waals surface area (Å²) in [6, 6.07) is 0. The molecule has 1 N–H and O–H groups in total. The van der Waals surface area contributed by atoms with Gasteiger partial charge in [0.1, 0.15) is 0 Å². The summed E-state index contributed by atoms with van der Waals surface area (Å²) in [5, 5.41) is -0.362. The largest absolute Gasteiger partial charge is 0.214 e. The highest BCUT2D eigenvalue weighted by Crippen LogP contribution is 2.11. The van der Waals surface area contributed by atoms with Gasteiger partial charge in [-0.3, -0.25) is 0 Å². The van der Waals surface area contributed by atoms with Gasteiger partial charge in [0.05, 0.1) is 5.25 Å². The second-order valence-electron chi connectivity index (χ2n) is 3.70. The number of hydrogen-bond acceptors (Lipinski definition) is 2. The Bertz CT molecular complexity index is 237. The van der Waals surface area contributed by atoms with Gasteiger partial charge in [0.2, 0.25) is 10.0 Å². The third-order valence-corrected chi connectivity index (χ3v) is 5.01. The van der Waals surface area contributed by atoms with E-state index in [1.165, 1.54) is 0 Å². The quantitative estimate of drug-likeness (QED) is 0.775. The first-order chi connectivity index (χ1) is 5.77. The summed E-state index contributed by atoms with van der Waals surface area (Å²) in [7, 11) is -3.11. The van der Waals surface area contributed by atoms with Gasteiger partial charge in [-0.05, 0) is 19.8 Å². The van der Waals surface area contributed by atoms with Crippen LogP contribution in [-0.2, 0) is 10.0 Å². The van der Waals surface area contributed by atoms with Crippen LogP contribution in [0.15, 0.2) is 0 Å². The molecule has 3 nitrogen and oxygen atoms in total. The fourth-order valence-corrected chi connectivity index (χ4v) is 1.72. The molecule has 80 valence electrons. The fraction of sp³-hybridized carbons (Fsp3) is 1.00.